The third-order valence-corrected chi connectivity index (χ3v) is 5.60. The van der Waals surface area contributed by atoms with Crippen molar-refractivity contribution < 1.29 is 14.7 Å². The van der Waals surface area contributed by atoms with E-state index in [2.05, 4.69) is 0 Å². The Morgan fingerprint density at radius 1 is 1.09 bits per heavy atom. The smallest absolute Gasteiger partial charge is 0.320 e. The van der Waals surface area contributed by atoms with Crippen LogP contribution >= 0.6 is 0 Å². The molecule has 3 amide bonds. The van der Waals surface area contributed by atoms with E-state index < -0.39 is 0 Å². The monoisotopic (exact) mass is 323 g/mol. The van der Waals surface area contributed by atoms with Crippen molar-refractivity contribution in [2.75, 3.05) is 39.3 Å². The summed E-state index contributed by atoms with van der Waals surface area (Å²) in [6, 6.07) is 0.488. The van der Waals surface area contributed by atoms with Crippen LogP contribution in [0, 0.1) is 5.92 Å². The molecule has 3 rings (SSSR count). The fraction of sp³-hybridized carbons (Fsp3) is 0.882. The number of hydrogen-bond donors (Lipinski definition) is 1. The van der Waals surface area contributed by atoms with Gasteiger partial charge in [-0.1, -0.05) is 0 Å². The zero-order chi connectivity index (χ0) is 16.2. The summed E-state index contributed by atoms with van der Waals surface area (Å²) in [6.07, 6.45) is 6.27. The number of fused-ring (bicyclic) bond motifs is 1. The summed E-state index contributed by atoms with van der Waals surface area (Å²) in [5, 5.41) is 8.94. The van der Waals surface area contributed by atoms with Crippen molar-refractivity contribution in [1.29, 1.82) is 0 Å². The van der Waals surface area contributed by atoms with Crippen molar-refractivity contribution in [3.63, 3.8) is 0 Å². The molecule has 3 aliphatic rings. The molecule has 3 heterocycles. The first-order valence-electron chi connectivity index (χ1n) is 9.15. The van der Waals surface area contributed by atoms with E-state index in [9.17, 15) is 9.59 Å². The molecule has 0 aliphatic carbocycles. The summed E-state index contributed by atoms with van der Waals surface area (Å²) in [4.78, 5) is 30.8. The molecule has 0 unspecified atom stereocenters. The highest BCUT2D eigenvalue weighted by molar-refractivity contribution is 5.78. The quantitative estimate of drug-likeness (QED) is 0.793. The molecule has 3 aliphatic heterocycles. The standard InChI is InChI=1S/C17H29N3O3/c21-12-4-3-10-20-15-7-11-19(13-14(15)5-6-16(20)22)17(23)18-8-1-2-9-18/h14-15,21H,1-13H2/t14-,15+/m1/s1. The van der Waals surface area contributed by atoms with Gasteiger partial charge in [0, 0.05) is 51.8 Å². The Bertz CT molecular complexity index is 437. The molecule has 0 spiro atoms. The summed E-state index contributed by atoms with van der Waals surface area (Å²) in [7, 11) is 0. The van der Waals surface area contributed by atoms with E-state index in [1.807, 2.05) is 14.7 Å². The Hall–Kier alpha value is -1.30. The second-order valence-electron chi connectivity index (χ2n) is 7.10. The van der Waals surface area contributed by atoms with Crippen LogP contribution in [0.15, 0.2) is 0 Å². The van der Waals surface area contributed by atoms with Crippen molar-refractivity contribution in [1.82, 2.24) is 14.7 Å². The normalized spacial score (nSPS) is 28.2. The first kappa shape index (κ1) is 16.6. The van der Waals surface area contributed by atoms with Crippen LogP contribution in [0.25, 0.3) is 0 Å². The van der Waals surface area contributed by atoms with E-state index in [0.717, 1.165) is 71.2 Å². The van der Waals surface area contributed by atoms with Gasteiger partial charge < -0.3 is 19.8 Å². The molecule has 23 heavy (non-hydrogen) atoms. The highest BCUT2D eigenvalue weighted by Crippen LogP contribution is 2.32. The van der Waals surface area contributed by atoms with E-state index in [0.29, 0.717) is 12.3 Å². The number of nitrogens with zero attached hydrogens (tertiary/aromatic N) is 3. The average molecular weight is 323 g/mol. The van der Waals surface area contributed by atoms with Crippen molar-refractivity contribution in [2.24, 2.45) is 5.92 Å². The van der Waals surface area contributed by atoms with E-state index in [1.54, 1.807) is 0 Å². The number of hydrogen-bond acceptors (Lipinski definition) is 3. The predicted octanol–water partition coefficient (Wildman–Crippen LogP) is 1.29. The van der Waals surface area contributed by atoms with E-state index in [-0.39, 0.29) is 24.6 Å². The van der Waals surface area contributed by atoms with E-state index in [1.165, 1.54) is 0 Å². The number of carbonyl (C=O) groups excluding carboxylic acids is 2. The van der Waals surface area contributed by atoms with Gasteiger partial charge in [-0.25, -0.2) is 4.79 Å². The average Bonchev–Trinajstić information content (AvgIpc) is 3.10. The summed E-state index contributed by atoms with van der Waals surface area (Å²) in [5.41, 5.74) is 0. The maximum atomic E-state index is 12.6. The predicted molar refractivity (Wildman–Crippen MR) is 86.9 cm³/mol. The zero-order valence-corrected chi connectivity index (χ0v) is 14.0. The zero-order valence-electron chi connectivity index (χ0n) is 14.0. The SMILES string of the molecule is O=C(N1CCCC1)N1CC[C@H]2[C@H](CCC(=O)N2CCCCO)C1. The highest BCUT2D eigenvalue weighted by Gasteiger charge is 2.40. The topological polar surface area (TPSA) is 64.1 Å². The van der Waals surface area contributed by atoms with Gasteiger partial charge in [0.2, 0.25) is 5.91 Å². The number of aliphatic hydroxyl groups excluding tert-OH is 1. The Kier molecular flexibility index (Phi) is 5.41. The number of aliphatic hydroxyl groups is 1. The molecule has 0 bridgehead atoms. The molecule has 0 aromatic carbocycles. The van der Waals surface area contributed by atoms with Crippen LogP contribution in [0.1, 0.15) is 44.9 Å². The number of urea groups is 1. The lowest BCUT2D eigenvalue weighted by molar-refractivity contribution is -0.140. The molecule has 2 atom stereocenters. The fourth-order valence-electron chi connectivity index (χ4n) is 4.32. The minimum atomic E-state index is 0.189. The van der Waals surface area contributed by atoms with Crippen LogP contribution in [0.4, 0.5) is 4.79 Å². The Morgan fingerprint density at radius 3 is 2.61 bits per heavy atom. The van der Waals surface area contributed by atoms with Crippen molar-refractivity contribution in [2.45, 2.75) is 51.0 Å². The maximum absolute atomic E-state index is 12.6. The van der Waals surface area contributed by atoms with Crippen LogP contribution in [0.3, 0.4) is 0 Å². The number of likely N-dealkylation sites (tertiary alicyclic amines) is 3. The van der Waals surface area contributed by atoms with Gasteiger partial charge in [0.1, 0.15) is 0 Å². The molecule has 0 saturated carbocycles. The van der Waals surface area contributed by atoms with Gasteiger partial charge in [-0.3, -0.25) is 4.79 Å². The first-order chi connectivity index (χ1) is 11.2. The van der Waals surface area contributed by atoms with Crippen LogP contribution in [-0.2, 0) is 4.79 Å². The van der Waals surface area contributed by atoms with Crippen LogP contribution in [-0.4, -0.2) is 77.1 Å². The summed E-state index contributed by atoms with van der Waals surface area (Å²) >= 11 is 0. The summed E-state index contributed by atoms with van der Waals surface area (Å²) < 4.78 is 0. The van der Waals surface area contributed by atoms with Gasteiger partial charge in [-0.15, -0.1) is 0 Å². The molecule has 6 heteroatoms. The first-order valence-corrected chi connectivity index (χ1v) is 9.15. The number of unbranched alkanes of at least 4 members (excludes halogenated alkanes) is 1. The fourth-order valence-corrected chi connectivity index (χ4v) is 4.32. The van der Waals surface area contributed by atoms with Gasteiger partial charge in [-0.2, -0.15) is 0 Å². The van der Waals surface area contributed by atoms with Gasteiger partial charge >= 0.3 is 6.03 Å². The van der Waals surface area contributed by atoms with Gasteiger partial charge in [-0.05, 0) is 44.4 Å². The lowest BCUT2D eigenvalue weighted by Crippen LogP contribution is -2.58. The van der Waals surface area contributed by atoms with Gasteiger partial charge in [0.15, 0.2) is 0 Å². The van der Waals surface area contributed by atoms with Gasteiger partial charge in [0.05, 0.1) is 0 Å². The Morgan fingerprint density at radius 2 is 1.87 bits per heavy atom. The van der Waals surface area contributed by atoms with Gasteiger partial charge in [0.25, 0.3) is 0 Å². The molecule has 3 saturated heterocycles. The molecular formula is C17H29N3O3. The second-order valence-corrected chi connectivity index (χ2v) is 7.10. The third-order valence-electron chi connectivity index (χ3n) is 5.60. The van der Waals surface area contributed by atoms with E-state index >= 15 is 0 Å². The summed E-state index contributed by atoms with van der Waals surface area (Å²) in [5.74, 6) is 0.672. The largest absolute Gasteiger partial charge is 0.396 e. The molecule has 3 fully saturated rings. The maximum Gasteiger partial charge on any atom is 0.320 e. The number of rotatable bonds is 4. The van der Waals surface area contributed by atoms with Crippen LogP contribution in [0.2, 0.25) is 0 Å². The summed E-state index contributed by atoms with van der Waals surface area (Å²) in [6.45, 7) is 4.29. The number of amides is 3. The number of piperidine rings is 2. The van der Waals surface area contributed by atoms with Crippen LogP contribution < -0.4 is 0 Å². The minimum absolute atomic E-state index is 0.189. The minimum Gasteiger partial charge on any atom is -0.396 e. The van der Waals surface area contributed by atoms with E-state index in [4.69, 9.17) is 5.11 Å². The van der Waals surface area contributed by atoms with Crippen molar-refractivity contribution in [3.8, 4) is 0 Å². The molecular weight excluding hydrogens is 294 g/mol. The number of carbonyl (C=O) groups is 2. The molecule has 1 N–H and O–H groups in total. The Labute approximate surface area is 138 Å². The van der Waals surface area contributed by atoms with Crippen molar-refractivity contribution >= 4 is 11.9 Å². The Balaban J connectivity index is 1.58. The highest BCUT2D eigenvalue weighted by atomic mass is 16.3. The third kappa shape index (κ3) is 3.62. The molecule has 0 aromatic rings. The lowest BCUT2D eigenvalue weighted by atomic mass is 9.83. The second kappa shape index (κ2) is 7.51. The molecule has 130 valence electrons. The lowest BCUT2D eigenvalue weighted by Gasteiger charge is -2.47. The molecule has 0 aromatic heterocycles. The van der Waals surface area contributed by atoms with Crippen molar-refractivity contribution in [3.05, 3.63) is 0 Å². The molecule has 0 radical (unpaired) electrons. The van der Waals surface area contributed by atoms with Crippen LogP contribution in [0.5, 0.6) is 0 Å². The molecule has 6 nitrogen and oxygen atoms in total.